The van der Waals surface area contributed by atoms with Crippen molar-refractivity contribution in [2.45, 2.75) is 12.4 Å². The molecular weight excluding hydrogens is 360 g/mol. The molecule has 1 unspecified atom stereocenters. The summed E-state index contributed by atoms with van der Waals surface area (Å²) in [7, 11) is 0. The zero-order valence-corrected chi connectivity index (χ0v) is 14.2. The molecule has 0 N–H and O–H groups in total. The Morgan fingerprint density at radius 3 is 2.48 bits per heavy atom. The quantitative estimate of drug-likeness (QED) is 0.587. The molecule has 3 nitrogen and oxygen atoms in total. The van der Waals surface area contributed by atoms with Gasteiger partial charge in [-0.05, 0) is 48.5 Å². The molecule has 2 aromatic carbocycles. The Morgan fingerprint density at radius 1 is 0.963 bits per heavy atom. The molecule has 4 rings (SSSR count). The topological polar surface area (TPSA) is 17.4 Å². The van der Waals surface area contributed by atoms with Crippen molar-refractivity contribution in [3.63, 3.8) is 0 Å². The van der Waals surface area contributed by atoms with E-state index in [1.54, 1.807) is 35.2 Å². The molecule has 0 amide bonds. The Bertz CT molecular complexity index is 934. The second kappa shape index (κ2) is 6.74. The molecule has 140 valence electrons. The first-order chi connectivity index (χ1) is 12.9. The van der Waals surface area contributed by atoms with E-state index >= 15 is 0 Å². The summed E-state index contributed by atoms with van der Waals surface area (Å²) in [5, 5.41) is 0. The number of benzene rings is 2. The molecule has 0 radical (unpaired) electrons. The summed E-state index contributed by atoms with van der Waals surface area (Å²) in [5.41, 5.74) is 1.36. The number of rotatable bonds is 3. The van der Waals surface area contributed by atoms with Gasteiger partial charge in [0.1, 0.15) is 5.82 Å². The third kappa shape index (κ3) is 3.55. The lowest BCUT2D eigenvalue weighted by Crippen LogP contribution is -2.22. The molecule has 1 fully saturated rings. The predicted octanol–water partition coefficient (Wildman–Crippen LogP) is 5.17. The van der Waals surface area contributed by atoms with Crippen LogP contribution in [0, 0.1) is 5.82 Å². The van der Waals surface area contributed by atoms with Gasteiger partial charge in [0.05, 0.1) is 12.2 Å². The van der Waals surface area contributed by atoms with E-state index in [0.29, 0.717) is 18.8 Å². The molecule has 1 aliphatic heterocycles. The van der Waals surface area contributed by atoms with E-state index in [9.17, 15) is 17.6 Å². The molecule has 0 saturated carbocycles. The van der Waals surface area contributed by atoms with Crippen LogP contribution in [0.1, 0.15) is 17.4 Å². The highest BCUT2D eigenvalue weighted by atomic mass is 19.4. The van der Waals surface area contributed by atoms with Crippen molar-refractivity contribution in [1.29, 1.82) is 0 Å². The number of aromatic nitrogens is 1. The molecule has 1 atom stereocenters. The van der Waals surface area contributed by atoms with E-state index in [-0.39, 0.29) is 12.0 Å². The second-order valence-corrected chi connectivity index (χ2v) is 6.29. The third-order valence-electron chi connectivity index (χ3n) is 4.52. The Labute approximate surface area is 153 Å². The second-order valence-electron chi connectivity index (χ2n) is 6.29. The summed E-state index contributed by atoms with van der Waals surface area (Å²) in [6, 6.07) is 13.1. The summed E-state index contributed by atoms with van der Waals surface area (Å²) < 4.78 is 59.4. The molecular formula is C20H16F4N2O. The molecule has 1 saturated heterocycles. The van der Waals surface area contributed by atoms with E-state index in [2.05, 4.69) is 0 Å². The average Bonchev–Trinajstić information content (AvgIpc) is 3.31. The van der Waals surface area contributed by atoms with Crippen LogP contribution < -0.4 is 4.90 Å². The van der Waals surface area contributed by atoms with Crippen molar-refractivity contribution in [1.82, 2.24) is 4.57 Å². The maximum Gasteiger partial charge on any atom is 0.416 e. The molecule has 0 bridgehead atoms. The van der Waals surface area contributed by atoms with Crippen LogP contribution in [0.2, 0.25) is 0 Å². The summed E-state index contributed by atoms with van der Waals surface area (Å²) in [5.74, 6) is -0.314. The SMILES string of the molecule is Fc1ccc(N2CCOC2c2ccn(-c3cccc(C(F)(F)F)c3)c2)cc1. The maximum atomic E-state index is 13.2. The van der Waals surface area contributed by atoms with Crippen molar-refractivity contribution in [3.05, 3.63) is 83.9 Å². The van der Waals surface area contributed by atoms with Crippen molar-refractivity contribution >= 4 is 5.69 Å². The van der Waals surface area contributed by atoms with E-state index in [0.717, 1.165) is 23.4 Å². The lowest BCUT2D eigenvalue weighted by Gasteiger charge is -2.24. The van der Waals surface area contributed by atoms with Crippen molar-refractivity contribution in [2.24, 2.45) is 0 Å². The number of halogens is 4. The Kier molecular flexibility index (Phi) is 4.39. The predicted molar refractivity (Wildman–Crippen MR) is 93.2 cm³/mol. The van der Waals surface area contributed by atoms with Gasteiger partial charge in [0.2, 0.25) is 0 Å². The normalized spacial score (nSPS) is 17.5. The van der Waals surface area contributed by atoms with Crippen LogP contribution >= 0.6 is 0 Å². The zero-order chi connectivity index (χ0) is 19.0. The summed E-state index contributed by atoms with van der Waals surface area (Å²) in [4.78, 5) is 1.99. The molecule has 2 heterocycles. The van der Waals surface area contributed by atoms with E-state index < -0.39 is 11.7 Å². The number of anilines is 1. The fourth-order valence-corrected chi connectivity index (χ4v) is 3.21. The van der Waals surface area contributed by atoms with Crippen LogP contribution in [0.3, 0.4) is 0 Å². The lowest BCUT2D eigenvalue weighted by molar-refractivity contribution is -0.137. The number of ether oxygens (including phenoxy) is 1. The standard InChI is InChI=1S/C20H16F4N2O/c21-16-4-6-17(7-5-16)26-10-11-27-19(26)14-8-9-25(13-14)18-3-1-2-15(12-18)20(22,23)24/h1-9,12-13,19H,10-11H2. The van der Waals surface area contributed by atoms with E-state index in [1.807, 2.05) is 11.0 Å². The van der Waals surface area contributed by atoms with Gasteiger partial charge in [0.25, 0.3) is 0 Å². The molecule has 1 aromatic heterocycles. The van der Waals surface area contributed by atoms with Crippen molar-refractivity contribution < 1.29 is 22.3 Å². The van der Waals surface area contributed by atoms with Gasteiger partial charge in [-0.25, -0.2) is 4.39 Å². The number of alkyl halides is 3. The highest BCUT2D eigenvalue weighted by Crippen LogP contribution is 2.34. The van der Waals surface area contributed by atoms with Crippen LogP contribution in [0.4, 0.5) is 23.2 Å². The number of hydrogen-bond acceptors (Lipinski definition) is 2. The molecule has 7 heteroatoms. The minimum atomic E-state index is -4.39. The average molecular weight is 376 g/mol. The third-order valence-corrected chi connectivity index (χ3v) is 4.52. The summed E-state index contributed by atoms with van der Waals surface area (Å²) in [6.45, 7) is 1.15. The Morgan fingerprint density at radius 2 is 1.74 bits per heavy atom. The monoisotopic (exact) mass is 376 g/mol. The lowest BCUT2D eigenvalue weighted by atomic mass is 10.2. The van der Waals surface area contributed by atoms with Gasteiger partial charge in [-0.3, -0.25) is 0 Å². The molecule has 27 heavy (non-hydrogen) atoms. The smallest absolute Gasteiger partial charge is 0.352 e. The highest BCUT2D eigenvalue weighted by Gasteiger charge is 2.31. The van der Waals surface area contributed by atoms with Crippen LogP contribution in [0.25, 0.3) is 5.69 Å². The first-order valence-corrected chi connectivity index (χ1v) is 8.41. The van der Waals surface area contributed by atoms with Gasteiger partial charge in [0.15, 0.2) is 6.23 Å². The number of nitrogens with zero attached hydrogens (tertiary/aromatic N) is 2. The van der Waals surface area contributed by atoms with Gasteiger partial charge in [-0.1, -0.05) is 6.07 Å². The first kappa shape index (κ1) is 17.6. The summed E-state index contributed by atoms with van der Waals surface area (Å²) in [6.07, 6.45) is -1.31. The van der Waals surface area contributed by atoms with Gasteiger partial charge < -0.3 is 14.2 Å². The minimum absolute atomic E-state index is 0.314. The van der Waals surface area contributed by atoms with Crippen molar-refractivity contribution in [3.8, 4) is 5.69 Å². The fraction of sp³-hybridized carbons (Fsp3) is 0.200. The largest absolute Gasteiger partial charge is 0.416 e. The Balaban J connectivity index is 1.61. The fourth-order valence-electron chi connectivity index (χ4n) is 3.21. The van der Waals surface area contributed by atoms with Gasteiger partial charge in [0, 0.05) is 35.9 Å². The maximum absolute atomic E-state index is 13.2. The van der Waals surface area contributed by atoms with Crippen molar-refractivity contribution in [2.75, 3.05) is 18.1 Å². The van der Waals surface area contributed by atoms with Crippen LogP contribution in [0.15, 0.2) is 67.0 Å². The van der Waals surface area contributed by atoms with Gasteiger partial charge >= 0.3 is 6.18 Å². The van der Waals surface area contributed by atoms with Crippen LogP contribution in [-0.2, 0) is 10.9 Å². The minimum Gasteiger partial charge on any atom is -0.352 e. The Hall–Kier alpha value is -2.80. The van der Waals surface area contributed by atoms with Crippen LogP contribution in [0.5, 0.6) is 0 Å². The molecule has 0 spiro atoms. The molecule has 3 aromatic rings. The number of hydrogen-bond donors (Lipinski definition) is 0. The van der Waals surface area contributed by atoms with Gasteiger partial charge in [-0.15, -0.1) is 0 Å². The van der Waals surface area contributed by atoms with E-state index in [1.165, 1.54) is 18.2 Å². The highest BCUT2D eigenvalue weighted by molar-refractivity contribution is 5.49. The van der Waals surface area contributed by atoms with Crippen LogP contribution in [-0.4, -0.2) is 17.7 Å². The van der Waals surface area contributed by atoms with E-state index in [4.69, 9.17) is 4.74 Å². The molecule has 1 aliphatic rings. The summed E-state index contributed by atoms with van der Waals surface area (Å²) >= 11 is 0. The first-order valence-electron chi connectivity index (χ1n) is 8.41. The molecule has 0 aliphatic carbocycles. The zero-order valence-electron chi connectivity index (χ0n) is 14.2. The van der Waals surface area contributed by atoms with Gasteiger partial charge in [-0.2, -0.15) is 13.2 Å².